The van der Waals surface area contributed by atoms with Crippen molar-refractivity contribution in [1.29, 1.82) is 0 Å². The number of nitrogens with one attached hydrogen (secondary N) is 1. The molecule has 0 saturated carbocycles. The minimum atomic E-state index is -0.664. The molecule has 0 amide bonds. The van der Waals surface area contributed by atoms with Gasteiger partial charge in [-0.05, 0) is 38.5 Å². The number of carbonyl (C=O) groups excluding carboxylic acids is 1. The van der Waals surface area contributed by atoms with Gasteiger partial charge in [-0.3, -0.25) is 4.79 Å². The van der Waals surface area contributed by atoms with Crippen LogP contribution in [0.3, 0.4) is 0 Å². The van der Waals surface area contributed by atoms with Crippen LogP contribution < -0.4 is 5.56 Å². The molecule has 5 nitrogen and oxygen atoms in total. The zero-order valence-electron chi connectivity index (χ0n) is 12.6. The van der Waals surface area contributed by atoms with Crippen molar-refractivity contribution in [3.8, 4) is 0 Å². The lowest BCUT2D eigenvalue weighted by Crippen LogP contribution is -2.16. The van der Waals surface area contributed by atoms with Gasteiger partial charge in [0.05, 0.1) is 9.72 Å². The van der Waals surface area contributed by atoms with Crippen molar-refractivity contribution in [2.45, 2.75) is 26.9 Å². The average Bonchev–Trinajstić information content (AvgIpc) is 3.03. The maximum absolute atomic E-state index is 12.3. The van der Waals surface area contributed by atoms with Crippen LogP contribution in [0.5, 0.6) is 0 Å². The molecular weight excluding hydrogens is 356 g/mol. The lowest BCUT2D eigenvalue weighted by atomic mass is 10.2. The van der Waals surface area contributed by atoms with Gasteiger partial charge in [0.25, 0.3) is 5.56 Å². The molecule has 0 aliphatic carbocycles. The predicted octanol–water partition coefficient (Wildman–Crippen LogP) is 4.23. The Labute approximate surface area is 144 Å². The van der Waals surface area contributed by atoms with Crippen LogP contribution in [0.2, 0.25) is 4.34 Å². The Kier molecular flexibility index (Phi) is 4.27. The number of fused-ring (bicyclic) bond motifs is 1. The maximum Gasteiger partial charge on any atom is 0.349 e. The number of aromatic nitrogens is 2. The summed E-state index contributed by atoms with van der Waals surface area (Å²) in [6, 6.07) is 3.24. The summed E-state index contributed by atoms with van der Waals surface area (Å²) < 4.78 is 5.88. The molecule has 0 unspecified atom stereocenters. The number of nitrogens with zero attached hydrogens (tertiary/aromatic N) is 1. The van der Waals surface area contributed by atoms with Gasteiger partial charge in [0.1, 0.15) is 9.71 Å². The van der Waals surface area contributed by atoms with Crippen LogP contribution in [-0.4, -0.2) is 15.9 Å². The first-order valence-corrected chi connectivity index (χ1v) is 8.84. The fourth-order valence-electron chi connectivity index (χ4n) is 2.16. The third kappa shape index (κ3) is 3.04. The number of hydrogen-bond donors (Lipinski definition) is 1. The summed E-state index contributed by atoms with van der Waals surface area (Å²) >= 11 is 8.41. The Morgan fingerprint density at radius 2 is 2.09 bits per heavy atom. The topological polar surface area (TPSA) is 72.0 Å². The molecule has 0 bridgehead atoms. The van der Waals surface area contributed by atoms with Crippen LogP contribution in [0.1, 0.15) is 39.0 Å². The van der Waals surface area contributed by atoms with Gasteiger partial charge in [-0.15, -0.1) is 22.7 Å². The van der Waals surface area contributed by atoms with E-state index in [0.717, 1.165) is 21.8 Å². The number of ether oxygens (including phenoxy) is 1. The molecule has 3 rings (SSSR count). The fourth-order valence-corrected chi connectivity index (χ4v) is 4.13. The van der Waals surface area contributed by atoms with E-state index in [-0.39, 0.29) is 5.56 Å². The van der Waals surface area contributed by atoms with Crippen molar-refractivity contribution in [3.63, 3.8) is 0 Å². The molecule has 3 aromatic rings. The number of esters is 1. The SMILES string of the molecule is Cc1sc2nc([C@H](C)OC(=O)c3ccc(Cl)s3)[nH]c(=O)c2c1C. The Hall–Kier alpha value is -1.70. The van der Waals surface area contributed by atoms with E-state index in [1.807, 2.05) is 13.8 Å². The van der Waals surface area contributed by atoms with Gasteiger partial charge in [0.2, 0.25) is 0 Å². The van der Waals surface area contributed by atoms with E-state index >= 15 is 0 Å². The molecule has 0 aliphatic heterocycles. The highest BCUT2D eigenvalue weighted by molar-refractivity contribution is 7.18. The van der Waals surface area contributed by atoms with Crippen LogP contribution in [0.15, 0.2) is 16.9 Å². The van der Waals surface area contributed by atoms with Crippen molar-refractivity contribution in [2.75, 3.05) is 0 Å². The quantitative estimate of drug-likeness (QED) is 0.702. The summed E-state index contributed by atoms with van der Waals surface area (Å²) in [6.45, 7) is 5.52. The Morgan fingerprint density at radius 1 is 1.35 bits per heavy atom. The molecule has 8 heteroatoms. The van der Waals surface area contributed by atoms with Crippen LogP contribution in [0, 0.1) is 13.8 Å². The number of H-pyrrole nitrogens is 1. The lowest BCUT2D eigenvalue weighted by molar-refractivity contribution is 0.0326. The van der Waals surface area contributed by atoms with E-state index in [1.165, 1.54) is 11.3 Å². The Morgan fingerprint density at radius 3 is 2.74 bits per heavy atom. The van der Waals surface area contributed by atoms with E-state index in [9.17, 15) is 9.59 Å². The first-order chi connectivity index (χ1) is 10.9. The minimum Gasteiger partial charge on any atom is -0.450 e. The smallest absolute Gasteiger partial charge is 0.349 e. The monoisotopic (exact) mass is 368 g/mol. The van der Waals surface area contributed by atoms with Gasteiger partial charge in [-0.1, -0.05) is 11.6 Å². The standard InChI is InChI=1S/C15H13ClN2O3S2/c1-6-8(3)22-14-11(6)13(19)17-12(18-14)7(2)21-15(20)9-4-5-10(16)23-9/h4-5,7H,1-3H3,(H,17,18,19)/t7-/m0/s1. The molecule has 23 heavy (non-hydrogen) atoms. The summed E-state index contributed by atoms with van der Waals surface area (Å²) in [6.07, 6.45) is -0.664. The van der Waals surface area contributed by atoms with Gasteiger partial charge in [-0.25, -0.2) is 9.78 Å². The Bertz CT molecular complexity index is 957. The summed E-state index contributed by atoms with van der Waals surface area (Å²) in [7, 11) is 0. The largest absolute Gasteiger partial charge is 0.450 e. The molecule has 0 fully saturated rings. The summed E-state index contributed by atoms with van der Waals surface area (Å²) in [4.78, 5) is 33.6. The van der Waals surface area contributed by atoms with Gasteiger partial charge in [-0.2, -0.15) is 0 Å². The summed E-state index contributed by atoms with van der Waals surface area (Å²) in [5.74, 6) is -0.157. The second kappa shape index (κ2) is 6.07. The average molecular weight is 369 g/mol. The van der Waals surface area contributed by atoms with E-state index in [2.05, 4.69) is 9.97 Å². The molecule has 0 radical (unpaired) electrons. The Balaban J connectivity index is 1.90. The molecule has 1 atom stereocenters. The van der Waals surface area contributed by atoms with E-state index in [4.69, 9.17) is 16.3 Å². The van der Waals surface area contributed by atoms with Gasteiger partial charge < -0.3 is 9.72 Å². The number of aromatic amines is 1. The molecule has 120 valence electrons. The zero-order chi connectivity index (χ0) is 16.7. The van der Waals surface area contributed by atoms with Crippen LogP contribution in [-0.2, 0) is 4.74 Å². The molecule has 0 aliphatic rings. The van der Waals surface area contributed by atoms with Crippen molar-refractivity contribution < 1.29 is 9.53 Å². The second-order valence-electron chi connectivity index (χ2n) is 5.07. The number of halogens is 1. The van der Waals surface area contributed by atoms with E-state index in [1.54, 1.807) is 19.1 Å². The first kappa shape index (κ1) is 16.2. The fraction of sp³-hybridized carbons (Fsp3) is 0.267. The van der Waals surface area contributed by atoms with E-state index < -0.39 is 12.1 Å². The van der Waals surface area contributed by atoms with Crippen molar-refractivity contribution in [1.82, 2.24) is 9.97 Å². The first-order valence-electron chi connectivity index (χ1n) is 6.83. The molecule has 0 spiro atoms. The highest BCUT2D eigenvalue weighted by Crippen LogP contribution is 2.28. The van der Waals surface area contributed by atoms with Crippen molar-refractivity contribution in [3.05, 3.63) is 48.0 Å². The highest BCUT2D eigenvalue weighted by Gasteiger charge is 2.19. The van der Waals surface area contributed by atoms with Gasteiger partial charge in [0, 0.05) is 4.88 Å². The third-order valence-electron chi connectivity index (χ3n) is 3.50. The summed E-state index contributed by atoms with van der Waals surface area (Å²) in [5, 5.41) is 0.597. The number of hydrogen-bond acceptors (Lipinski definition) is 6. The maximum atomic E-state index is 12.3. The number of rotatable bonds is 3. The van der Waals surface area contributed by atoms with Gasteiger partial charge in [0.15, 0.2) is 11.9 Å². The van der Waals surface area contributed by atoms with Crippen molar-refractivity contribution >= 4 is 50.5 Å². The zero-order valence-corrected chi connectivity index (χ0v) is 15.0. The van der Waals surface area contributed by atoms with Gasteiger partial charge >= 0.3 is 5.97 Å². The lowest BCUT2D eigenvalue weighted by Gasteiger charge is -2.11. The number of thiophene rings is 2. The molecule has 0 saturated heterocycles. The number of carbonyl (C=O) groups is 1. The minimum absolute atomic E-state index is 0.214. The summed E-state index contributed by atoms with van der Waals surface area (Å²) in [5.41, 5.74) is 0.720. The normalized spacial score (nSPS) is 12.5. The molecule has 3 heterocycles. The highest BCUT2D eigenvalue weighted by atomic mass is 35.5. The number of aryl methyl sites for hydroxylation is 2. The predicted molar refractivity (Wildman–Crippen MR) is 92.9 cm³/mol. The molecular formula is C15H13ClN2O3S2. The third-order valence-corrected chi connectivity index (χ3v) is 5.81. The molecule has 1 N–H and O–H groups in total. The molecule has 3 aromatic heterocycles. The van der Waals surface area contributed by atoms with Crippen LogP contribution >= 0.6 is 34.3 Å². The van der Waals surface area contributed by atoms with E-state index in [0.29, 0.717) is 25.3 Å². The van der Waals surface area contributed by atoms with Crippen LogP contribution in [0.4, 0.5) is 0 Å². The second-order valence-corrected chi connectivity index (χ2v) is 7.98. The van der Waals surface area contributed by atoms with Crippen molar-refractivity contribution in [2.24, 2.45) is 0 Å². The molecule has 0 aromatic carbocycles. The van der Waals surface area contributed by atoms with Crippen LogP contribution in [0.25, 0.3) is 10.2 Å².